The zero-order valence-electron chi connectivity index (χ0n) is 18.2. The Morgan fingerprint density at radius 3 is 2.27 bits per heavy atom. The highest BCUT2D eigenvalue weighted by Gasteiger charge is 2.14. The molecule has 9 heteroatoms. The lowest BCUT2D eigenvalue weighted by Crippen LogP contribution is -2.18. The van der Waals surface area contributed by atoms with E-state index in [0.29, 0.717) is 35.8 Å². The van der Waals surface area contributed by atoms with Gasteiger partial charge in [0.2, 0.25) is 0 Å². The maximum absolute atomic E-state index is 12.5. The van der Waals surface area contributed by atoms with Crippen LogP contribution in [0.15, 0.2) is 82.8 Å². The number of nitrogens with one attached hydrogen (secondary N) is 1. The second-order valence-corrected chi connectivity index (χ2v) is 8.31. The summed E-state index contributed by atoms with van der Waals surface area (Å²) >= 11 is 0. The lowest BCUT2D eigenvalue weighted by molar-refractivity contribution is 0.0728. The van der Waals surface area contributed by atoms with Crippen LogP contribution in [0.1, 0.15) is 29.8 Å². The maximum Gasteiger partial charge on any atom is 0.343 e. The van der Waals surface area contributed by atoms with Gasteiger partial charge in [0.1, 0.15) is 5.75 Å². The minimum Gasteiger partial charge on any atom is -0.494 e. The first kappa shape index (κ1) is 23.8. The van der Waals surface area contributed by atoms with Gasteiger partial charge in [0.15, 0.2) is 11.5 Å². The van der Waals surface area contributed by atoms with Crippen molar-refractivity contribution in [3.63, 3.8) is 0 Å². The summed E-state index contributed by atoms with van der Waals surface area (Å²) in [5.74, 6) is 0.677. The quantitative estimate of drug-likeness (QED) is 0.209. The molecular formula is C24H24N2O6S. The highest BCUT2D eigenvalue weighted by atomic mass is 32.2. The molecule has 0 atom stereocenters. The van der Waals surface area contributed by atoms with Crippen molar-refractivity contribution < 1.29 is 27.4 Å². The van der Waals surface area contributed by atoms with E-state index in [1.165, 1.54) is 18.3 Å². The van der Waals surface area contributed by atoms with Crippen LogP contribution in [0.25, 0.3) is 0 Å². The molecule has 0 heterocycles. The number of hydrogen-bond acceptors (Lipinski definition) is 7. The molecule has 3 aromatic rings. The minimum atomic E-state index is -3.77. The summed E-state index contributed by atoms with van der Waals surface area (Å²) in [6.07, 6.45) is 1.33. The fourth-order valence-electron chi connectivity index (χ4n) is 2.79. The van der Waals surface area contributed by atoms with Gasteiger partial charge in [-0.05, 0) is 74.0 Å². The maximum atomic E-state index is 12.5. The van der Waals surface area contributed by atoms with E-state index >= 15 is 0 Å². The van der Waals surface area contributed by atoms with Crippen molar-refractivity contribution >= 4 is 22.2 Å². The molecule has 0 amide bonds. The number of hydrogen-bond donors (Lipinski definition) is 1. The Morgan fingerprint density at radius 2 is 1.61 bits per heavy atom. The Labute approximate surface area is 192 Å². The average Bonchev–Trinajstić information content (AvgIpc) is 2.82. The van der Waals surface area contributed by atoms with Crippen molar-refractivity contribution in [2.45, 2.75) is 18.7 Å². The first-order valence-electron chi connectivity index (χ1n) is 10.2. The van der Waals surface area contributed by atoms with Gasteiger partial charge in [-0.25, -0.2) is 9.63 Å². The SMILES string of the molecule is CCOc1ccc(C(=O)Oc2ccc(/C=N/NS(=O)(=O)c3ccccc3)cc2OCC)cc1. The minimum absolute atomic E-state index is 0.105. The largest absolute Gasteiger partial charge is 0.494 e. The molecule has 0 aromatic heterocycles. The van der Waals surface area contributed by atoms with Gasteiger partial charge in [-0.2, -0.15) is 13.5 Å². The molecule has 0 radical (unpaired) electrons. The lowest BCUT2D eigenvalue weighted by Gasteiger charge is -2.11. The molecule has 0 aliphatic carbocycles. The van der Waals surface area contributed by atoms with Gasteiger partial charge in [0, 0.05) is 0 Å². The molecule has 8 nitrogen and oxygen atoms in total. The van der Waals surface area contributed by atoms with Crippen LogP contribution < -0.4 is 19.0 Å². The Hall–Kier alpha value is -3.85. The molecule has 0 aliphatic heterocycles. The monoisotopic (exact) mass is 468 g/mol. The summed E-state index contributed by atoms with van der Waals surface area (Å²) in [6.45, 7) is 4.55. The summed E-state index contributed by atoms with van der Waals surface area (Å²) in [5, 5.41) is 3.81. The van der Waals surface area contributed by atoms with Gasteiger partial charge in [-0.3, -0.25) is 0 Å². The van der Waals surface area contributed by atoms with E-state index in [-0.39, 0.29) is 10.6 Å². The predicted molar refractivity (Wildman–Crippen MR) is 125 cm³/mol. The molecule has 0 bridgehead atoms. The molecule has 0 saturated heterocycles. The van der Waals surface area contributed by atoms with Crippen LogP contribution in [-0.2, 0) is 10.0 Å². The van der Waals surface area contributed by atoms with Crippen LogP contribution >= 0.6 is 0 Å². The van der Waals surface area contributed by atoms with Crippen molar-refractivity contribution in [3.8, 4) is 17.2 Å². The number of hydrazone groups is 1. The molecule has 0 aliphatic rings. The third-order valence-corrected chi connectivity index (χ3v) is 5.55. The smallest absolute Gasteiger partial charge is 0.343 e. The molecule has 33 heavy (non-hydrogen) atoms. The first-order valence-corrected chi connectivity index (χ1v) is 11.7. The Morgan fingerprint density at radius 1 is 0.909 bits per heavy atom. The van der Waals surface area contributed by atoms with Crippen LogP contribution in [0.4, 0.5) is 0 Å². The molecule has 0 fully saturated rings. The number of carbonyl (C=O) groups is 1. The topological polar surface area (TPSA) is 103 Å². The molecule has 172 valence electrons. The zero-order chi connectivity index (χ0) is 23.7. The van der Waals surface area contributed by atoms with E-state index in [9.17, 15) is 13.2 Å². The van der Waals surface area contributed by atoms with Crippen molar-refractivity contribution in [1.29, 1.82) is 0 Å². The van der Waals surface area contributed by atoms with Gasteiger partial charge >= 0.3 is 5.97 Å². The second kappa shape index (κ2) is 11.1. The van der Waals surface area contributed by atoms with Crippen LogP contribution in [0.5, 0.6) is 17.2 Å². The first-order chi connectivity index (χ1) is 15.9. The number of esters is 1. The van der Waals surface area contributed by atoms with Crippen molar-refractivity contribution in [2.75, 3.05) is 13.2 Å². The Balaban J connectivity index is 1.72. The fourth-order valence-corrected chi connectivity index (χ4v) is 3.61. The summed E-state index contributed by atoms with van der Waals surface area (Å²) < 4.78 is 40.9. The van der Waals surface area contributed by atoms with E-state index in [1.54, 1.807) is 67.6 Å². The van der Waals surface area contributed by atoms with Crippen LogP contribution in [0.3, 0.4) is 0 Å². The molecule has 1 N–H and O–H groups in total. The van der Waals surface area contributed by atoms with E-state index in [4.69, 9.17) is 14.2 Å². The van der Waals surface area contributed by atoms with Gasteiger partial charge in [-0.15, -0.1) is 0 Å². The van der Waals surface area contributed by atoms with E-state index in [0.717, 1.165) is 0 Å². The number of carbonyl (C=O) groups excluding carboxylic acids is 1. The number of nitrogens with zero attached hydrogens (tertiary/aromatic N) is 1. The van der Waals surface area contributed by atoms with Crippen LogP contribution in [0, 0.1) is 0 Å². The summed E-state index contributed by atoms with van der Waals surface area (Å²) in [5.41, 5.74) is 0.914. The fraction of sp³-hybridized carbons (Fsp3) is 0.167. The highest BCUT2D eigenvalue weighted by molar-refractivity contribution is 7.89. The molecule has 0 spiro atoms. The van der Waals surface area contributed by atoms with Crippen molar-refractivity contribution in [2.24, 2.45) is 5.10 Å². The predicted octanol–water partition coefficient (Wildman–Crippen LogP) is 4.02. The van der Waals surface area contributed by atoms with Gasteiger partial charge < -0.3 is 14.2 Å². The summed E-state index contributed by atoms with van der Waals surface area (Å²) in [4.78, 5) is 14.8. The normalized spacial score (nSPS) is 11.2. The number of benzene rings is 3. The van der Waals surface area contributed by atoms with Crippen molar-refractivity contribution in [3.05, 3.63) is 83.9 Å². The Kier molecular flexibility index (Phi) is 8.04. The summed E-state index contributed by atoms with van der Waals surface area (Å²) in [6, 6.07) is 19.3. The van der Waals surface area contributed by atoms with Gasteiger partial charge in [-0.1, -0.05) is 18.2 Å². The zero-order valence-corrected chi connectivity index (χ0v) is 19.0. The summed E-state index contributed by atoms with van der Waals surface area (Å²) in [7, 11) is -3.77. The molecule has 0 unspecified atom stereocenters. The van der Waals surface area contributed by atoms with E-state index in [2.05, 4.69) is 9.93 Å². The molecule has 0 saturated carbocycles. The lowest BCUT2D eigenvalue weighted by atomic mass is 10.2. The van der Waals surface area contributed by atoms with Gasteiger partial charge in [0.05, 0.1) is 29.9 Å². The standard InChI is InChI=1S/C24H24N2O6S/c1-3-30-20-13-11-19(12-14-20)24(27)32-22-15-10-18(16-23(22)31-4-2)17-25-26-33(28,29)21-8-6-5-7-9-21/h5-17,26H,3-4H2,1-2H3/b25-17+. The second-order valence-electron chi connectivity index (χ2n) is 6.65. The third-order valence-electron chi connectivity index (χ3n) is 4.31. The number of rotatable bonds is 10. The molecule has 3 rings (SSSR count). The van der Waals surface area contributed by atoms with Crippen molar-refractivity contribution in [1.82, 2.24) is 4.83 Å². The van der Waals surface area contributed by atoms with E-state index in [1.807, 2.05) is 6.92 Å². The van der Waals surface area contributed by atoms with Crippen LogP contribution in [0.2, 0.25) is 0 Å². The highest BCUT2D eigenvalue weighted by Crippen LogP contribution is 2.29. The van der Waals surface area contributed by atoms with E-state index < -0.39 is 16.0 Å². The molecular weight excluding hydrogens is 444 g/mol. The van der Waals surface area contributed by atoms with Gasteiger partial charge in [0.25, 0.3) is 10.0 Å². The number of sulfonamides is 1. The average molecular weight is 469 g/mol. The third kappa shape index (κ3) is 6.56. The Bertz CT molecular complexity index is 1210. The molecule has 3 aromatic carbocycles. The number of ether oxygens (including phenoxy) is 3. The van der Waals surface area contributed by atoms with Crippen LogP contribution in [-0.4, -0.2) is 33.8 Å².